The molecule has 0 bridgehead atoms. The van der Waals surface area contributed by atoms with Crippen molar-refractivity contribution in [3.8, 4) is 0 Å². The number of hydrogen-bond acceptors (Lipinski definition) is 4. The zero-order valence-corrected chi connectivity index (χ0v) is 18.7. The third-order valence-corrected chi connectivity index (χ3v) is 6.03. The smallest absolute Gasteiger partial charge is 0.272 e. The molecule has 1 saturated carbocycles. The van der Waals surface area contributed by atoms with Gasteiger partial charge >= 0.3 is 0 Å². The van der Waals surface area contributed by atoms with Crippen molar-refractivity contribution in [1.29, 1.82) is 0 Å². The van der Waals surface area contributed by atoms with Gasteiger partial charge in [0.25, 0.3) is 11.8 Å². The van der Waals surface area contributed by atoms with E-state index in [2.05, 4.69) is 15.7 Å². The topological polar surface area (TPSA) is 96.3 Å². The first-order valence-corrected chi connectivity index (χ1v) is 11.4. The zero-order valence-electron chi connectivity index (χ0n) is 18.7. The van der Waals surface area contributed by atoms with Crippen molar-refractivity contribution >= 4 is 17.7 Å². The Kier molecular flexibility index (Phi) is 6.58. The fourth-order valence-electron chi connectivity index (χ4n) is 3.93. The van der Waals surface area contributed by atoms with Gasteiger partial charge in [-0.3, -0.25) is 19.1 Å². The van der Waals surface area contributed by atoms with Crippen LogP contribution in [-0.2, 0) is 17.9 Å². The van der Waals surface area contributed by atoms with Crippen molar-refractivity contribution in [3.05, 3.63) is 53.3 Å². The Morgan fingerprint density at radius 3 is 2.59 bits per heavy atom. The summed E-state index contributed by atoms with van der Waals surface area (Å²) in [5.74, 6) is -0.252. The first-order valence-electron chi connectivity index (χ1n) is 11.4. The molecule has 0 radical (unpaired) electrons. The number of carbonyl (C=O) groups is 3. The molecule has 3 amide bonds. The number of aryl methyl sites for hydroxylation is 1. The van der Waals surface area contributed by atoms with E-state index >= 15 is 0 Å². The molecule has 1 fully saturated rings. The van der Waals surface area contributed by atoms with Gasteiger partial charge in [0.05, 0.1) is 0 Å². The number of aromatic nitrogens is 2. The Labute approximate surface area is 188 Å². The van der Waals surface area contributed by atoms with Crippen molar-refractivity contribution in [2.45, 2.75) is 52.2 Å². The molecule has 0 unspecified atom stereocenters. The lowest BCUT2D eigenvalue weighted by Gasteiger charge is -2.21. The SMILES string of the molecule is CC(C)[C@@H](NC(=O)c1cc2n(n1)CCCN(Cc1ccccc1)C2=O)C(=O)NCC1CC1. The highest BCUT2D eigenvalue weighted by atomic mass is 16.2. The predicted molar refractivity (Wildman–Crippen MR) is 120 cm³/mol. The van der Waals surface area contributed by atoms with Crippen LogP contribution in [0.4, 0.5) is 0 Å². The molecule has 0 saturated heterocycles. The second-order valence-corrected chi connectivity index (χ2v) is 9.09. The number of nitrogens with one attached hydrogen (secondary N) is 2. The lowest BCUT2D eigenvalue weighted by Crippen LogP contribution is -2.50. The average Bonchev–Trinajstić information content (AvgIpc) is 3.54. The van der Waals surface area contributed by atoms with Gasteiger partial charge in [0, 0.05) is 32.2 Å². The predicted octanol–water partition coefficient (Wildman–Crippen LogP) is 2.21. The van der Waals surface area contributed by atoms with Crippen molar-refractivity contribution in [3.63, 3.8) is 0 Å². The molecule has 1 aliphatic heterocycles. The van der Waals surface area contributed by atoms with Crippen molar-refractivity contribution in [2.75, 3.05) is 13.1 Å². The molecule has 8 nitrogen and oxygen atoms in total. The number of benzene rings is 1. The molecule has 1 aliphatic carbocycles. The molecule has 32 heavy (non-hydrogen) atoms. The van der Waals surface area contributed by atoms with E-state index in [1.807, 2.05) is 44.2 Å². The quantitative estimate of drug-likeness (QED) is 0.662. The zero-order chi connectivity index (χ0) is 22.7. The van der Waals surface area contributed by atoms with E-state index in [1.165, 1.54) is 0 Å². The molecule has 1 aromatic carbocycles. The Morgan fingerprint density at radius 1 is 1.16 bits per heavy atom. The third-order valence-electron chi connectivity index (χ3n) is 6.03. The Hall–Kier alpha value is -3.16. The van der Waals surface area contributed by atoms with E-state index in [-0.39, 0.29) is 23.4 Å². The van der Waals surface area contributed by atoms with Crippen LogP contribution in [0.25, 0.3) is 0 Å². The average molecular weight is 438 g/mol. The Morgan fingerprint density at radius 2 is 1.91 bits per heavy atom. The summed E-state index contributed by atoms with van der Waals surface area (Å²) in [7, 11) is 0. The van der Waals surface area contributed by atoms with Crippen molar-refractivity contribution in [1.82, 2.24) is 25.3 Å². The van der Waals surface area contributed by atoms with E-state index in [0.29, 0.717) is 37.8 Å². The summed E-state index contributed by atoms with van der Waals surface area (Å²) < 4.78 is 1.61. The fourth-order valence-corrected chi connectivity index (χ4v) is 3.93. The van der Waals surface area contributed by atoms with Crippen LogP contribution in [-0.4, -0.2) is 51.5 Å². The van der Waals surface area contributed by atoms with E-state index in [9.17, 15) is 14.4 Å². The van der Waals surface area contributed by atoms with Crippen LogP contribution >= 0.6 is 0 Å². The number of fused-ring (bicyclic) bond motifs is 1. The third kappa shape index (κ3) is 5.18. The first kappa shape index (κ1) is 22.0. The van der Waals surface area contributed by atoms with Gasteiger partial charge in [-0.2, -0.15) is 5.10 Å². The summed E-state index contributed by atoms with van der Waals surface area (Å²) in [5, 5.41) is 10.1. The summed E-state index contributed by atoms with van der Waals surface area (Å²) in [6.07, 6.45) is 3.05. The second kappa shape index (κ2) is 9.54. The van der Waals surface area contributed by atoms with Crippen LogP contribution in [0.2, 0.25) is 0 Å². The van der Waals surface area contributed by atoms with Crippen LogP contribution in [0.3, 0.4) is 0 Å². The molecule has 0 spiro atoms. The monoisotopic (exact) mass is 437 g/mol. The molecule has 2 aliphatic rings. The lowest BCUT2D eigenvalue weighted by molar-refractivity contribution is -0.124. The molecule has 2 N–H and O–H groups in total. The highest BCUT2D eigenvalue weighted by Gasteiger charge is 2.30. The number of amides is 3. The van der Waals surface area contributed by atoms with Crippen LogP contribution < -0.4 is 10.6 Å². The normalized spacial score (nSPS) is 17.0. The highest BCUT2D eigenvalue weighted by Crippen LogP contribution is 2.27. The molecule has 170 valence electrons. The van der Waals surface area contributed by atoms with Gasteiger partial charge in [0.1, 0.15) is 11.7 Å². The summed E-state index contributed by atoms with van der Waals surface area (Å²) >= 11 is 0. The van der Waals surface area contributed by atoms with Gasteiger partial charge in [-0.15, -0.1) is 0 Å². The fraction of sp³-hybridized carbons (Fsp3) is 0.500. The molecule has 1 aromatic heterocycles. The molecule has 2 aromatic rings. The largest absolute Gasteiger partial charge is 0.354 e. The standard InChI is InChI=1S/C24H31N5O3/c1-16(2)21(23(31)25-14-17-9-10-17)26-22(30)19-13-20-24(32)28(11-6-12-29(20)27-19)15-18-7-4-3-5-8-18/h3-5,7-8,13,16-17,21H,6,9-12,14-15H2,1-2H3,(H,25,31)(H,26,30)/t21-/m1/s1. The summed E-state index contributed by atoms with van der Waals surface area (Å²) in [4.78, 5) is 40.4. The van der Waals surface area contributed by atoms with E-state index < -0.39 is 11.9 Å². The lowest BCUT2D eigenvalue weighted by atomic mass is 10.0. The van der Waals surface area contributed by atoms with Gasteiger partial charge < -0.3 is 15.5 Å². The van der Waals surface area contributed by atoms with Crippen LogP contribution in [0.15, 0.2) is 36.4 Å². The van der Waals surface area contributed by atoms with Gasteiger partial charge in [-0.05, 0) is 36.7 Å². The molecular weight excluding hydrogens is 406 g/mol. The molecular formula is C24H31N5O3. The number of rotatable bonds is 8. The summed E-state index contributed by atoms with van der Waals surface area (Å²) in [6, 6.07) is 10.7. The maximum atomic E-state index is 13.1. The van der Waals surface area contributed by atoms with Gasteiger partial charge in [-0.25, -0.2) is 0 Å². The van der Waals surface area contributed by atoms with Crippen molar-refractivity contribution in [2.24, 2.45) is 11.8 Å². The maximum absolute atomic E-state index is 13.1. The molecule has 8 heteroatoms. The molecule has 2 heterocycles. The molecule has 4 rings (SSSR count). The maximum Gasteiger partial charge on any atom is 0.272 e. The van der Waals surface area contributed by atoms with E-state index in [0.717, 1.165) is 24.8 Å². The Bertz CT molecular complexity index is 981. The summed E-state index contributed by atoms with van der Waals surface area (Å²) in [5.41, 5.74) is 1.63. The number of hydrogen-bond donors (Lipinski definition) is 2. The van der Waals surface area contributed by atoms with E-state index in [4.69, 9.17) is 0 Å². The minimum absolute atomic E-state index is 0.0680. The minimum atomic E-state index is -0.645. The van der Waals surface area contributed by atoms with Gasteiger partial charge in [0.2, 0.25) is 5.91 Å². The highest BCUT2D eigenvalue weighted by molar-refractivity contribution is 5.99. The molecule has 1 atom stereocenters. The van der Waals surface area contributed by atoms with Crippen LogP contribution in [0, 0.1) is 11.8 Å². The number of nitrogens with zero attached hydrogens (tertiary/aromatic N) is 3. The van der Waals surface area contributed by atoms with Crippen molar-refractivity contribution < 1.29 is 14.4 Å². The van der Waals surface area contributed by atoms with Crippen LogP contribution in [0.1, 0.15) is 59.7 Å². The van der Waals surface area contributed by atoms with Gasteiger partial charge in [-0.1, -0.05) is 44.2 Å². The van der Waals surface area contributed by atoms with Crippen LogP contribution in [0.5, 0.6) is 0 Å². The van der Waals surface area contributed by atoms with Gasteiger partial charge in [0.15, 0.2) is 5.69 Å². The first-order chi connectivity index (χ1) is 15.4. The minimum Gasteiger partial charge on any atom is -0.354 e. The van der Waals surface area contributed by atoms with E-state index in [1.54, 1.807) is 15.6 Å². The second-order valence-electron chi connectivity index (χ2n) is 9.09. The Balaban J connectivity index is 1.45. The number of carbonyl (C=O) groups excluding carboxylic acids is 3. The summed E-state index contributed by atoms with van der Waals surface area (Å²) in [6.45, 7) is 6.17.